The maximum Gasteiger partial charge on any atom is 0.407 e. The molecule has 5 atom stereocenters. The standard InChI is InChI=1S/C46H56N8O7/c1-26(2)37(51-44(57)59-5)42(55)53-19-7-9-35(53)41-48-33-17-15-31-21-30(14-16-32(31)39(33)50-41)28-10-12-29(13-11-28)34-23-47-40(49-34)36-22-46(18-8-20-61-25-46)24-54(36)43(56)38(27(3)4)52-45(58)60-6/h10-17,21,23,26-27,35-38H,7-9,18-20,22,24-25H2,1-6H3,(H,47,49)(H,48,50)(H,51,57)(H,52,58)/t35-,36-,37-,38-,46+/m0/s1. The largest absolute Gasteiger partial charge is 0.453 e. The van der Waals surface area contributed by atoms with Crippen LogP contribution in [0.15, 0.2) is 60.8 Å². The quantitative estimate of drug-likeness (QED) is 0.112. The lowest BCUT2D eigenvalue weighted by Crippen LogP contribution is -2.51. The van der Waals surface area contributed by atoms with E-state index in [2.05, 4.69) is 69.1 Å². The van der Waals surface area contributed by atoms with Crippen molar-refractivity contribution in [2.45, 2.75) is 84.0 Å². The van der Waals surface area contributed by atoms with Crippen LogP contribution in [0.1, 0.15) is 83.5 Å². The summed E-state index contributed by atoms with van der Waals surface area (Å²) < 4.78 is 15.6. The van der Waals surface area contributed by atoms with E-state index in [1.165, 1.54) is 14.2 Å². The van der Waals surface area contributed by atoms with Crippen LogP contribution in [0.5, 0.6) is 0 Å². The number of carbonyl (C=O) groups is 4. The molecule has 15 nitrogen and oxygen atoms in total. The number of carbonyl (C=O) groups excluding carboxylic acids is 4. The molecule has 322 valence electrons. The van der Waals surface area contributed by atoms with Crippen LogP contribution in [-0.2, 0) is 23.8 Å². The Bertz CT molecular complexity index is 2420. The van der Waals surface area contributed by atoms with Gasteiger partial charge in [-0.1, -0.05) is 70.2 Å². The van der Waals surface area contributed by atoms with Gasteiger partial charge >= 0.3 is 12.2 Å². The van der Waals surface area contributed by atoms with Crippen molar-refractivity contribution in [3.8, 4) is 22.4 Å². The molecule has 5 heterocycles. The molecular formula is C46H56N8O7. The number of likely N-dealkylation sites (tertiary alicyclic amines) is 2. The monoisotopic (exact) mass is 832 g/mol. The summed E-state index contributed by atoms with van der Waals surface area (Å²) in [5, 5.41) is 7.53. The van der Waals surface area contributed by atoms with E-state index >= 15 is 0 Å². The van der Waals surface area contributed by atoms with Crippen molar-refractivity contribution in [3.63, 3.8) is 0 Å². The Hall–Kier alpha value is -5.96. The zero-order valence-corrected chi connectivity index (χ0v) is 35.7. The Kier molecular flexibility index (Phi) is 11.8. The molecule has 0 saturated carbocycles. The van der Waals surface area contributed by atoms with Gasteiger partial charge in [-0.25, -0.2) is 19.6 Å². The van der Waals surface area contributed by atoms with Gasteiger partial charge in [0.1, 0.15) is 23.7 Å². The number of ether oxygens (including phenoxy) is 3. The third-order valence-corrected chi connectivity index (χ3v) is 12.8. The van der Waals surface area contributed by atoms with Crippen molar-refractivity contribution in [1.82, 2.24) is 40.4 Å². The topological polar surface area (TPSA) is 184 Å². The van der Waals surface area contributed by atoms with Crippen molar-refractivity contribution in [2.24, 2.45) is 17.3 Å². The van der Waals surface area contributed by atoms with Gasteiger partial charge in [-0.3, -0.25) is 9.59 Å². The summed E-state index contributed by atoms with van der Waals surface area (Å²) >= 11 is 0. The zero-order chi connectivity index (χ0) is 43.0. The second kappa shape index (κ2) is 17.2. The van der Waals surface area contributed by atoms with Gasteiger partial charge in [0, 0.05) is 30.5 Å². The molecule has 3 saturated heterocycles. The Morgan fingerprint density at radius 3 is 2.13 bits per heavy atom. The van der Waals surface area contributed by atoms with Gasteiger partial charge < -0.3 is 44.6 Å². The minimum atomic E-state index is -0.739. The first-order chi connectivity index (χ1) is 29.4. The fourth-order valence-corrected chi connectivity index (χ4v) is 9.45. The van der Waals surface area contributed by atoms with Crippen LogP contribution in [0.2, 0.25) is 0 Å². The van der Waals surface area contributed by atoms with Crippen LogP contribution in [-0.4, -0.2) is 106 Å². The number of nitrogens with zero attached hydrogens (tertiary/aromatic N) is 4. The lowest BCUT2D eigenvalue weighted by Gasteiger charge is -2.33. The molecule has 3 fully saturated rings. The fraction of sp³-hybridized carbons (Fsp3) is 0.478. The van der Waals surface area contributed by atoms with Gasteiger partial charge in [-0.2, -0.15) is 0 Å². The second-order valence-electron chi connectivity index (χ2n) is 17.5. The van der Waals surface area contributed by atoms with Gasteiger partial charge in [0.2, 0.25) is 11.8 Å². The summed E-state index contributed by atoms with van der Waals surface area (Å²) in [4.78, 5) is 72.8. The van der Waals surface area contributed by atoms with Gasteiger partial charge in [-0.15, -0.1) is 0 Å². The number of amides is 4. The normalized spacial score (nSPS) is 21.4. The molecule has 4 N–H and O–H groups in total. The second-order valence-corrected chi connectivity index (χ2v) is 17.5. The minimum absolute atomic E-state index is 0.115. The summed E-state index contributed by atoms with van der Waals surface area (Å²) in [5.74, 6) is 0.890. The molecule has 1 spiro atoms. The third kappa shape index (κ3) is 8.27. The molecule has 3 aliphatic heterocycles. The number of rotatable bonds is 10. The van der Waals surface area contributed by atoms with E-state index in [0.29, 0.717) is 25.5 Å². The number of hydrogen-bond acceptors (Lipinski definition) is 9. The number of benzene rings is 3. The summed E-state index contributed by atoms with van der Waals surface area (Å²) in [6.07, 6.45) is 4.79. The Morgan fingerprint density at radius 2 is 1.48 bits per heavy atom. The molecule has 0 bridgehead atoms. The average Bonchev–Trinajstić information content (AvgIpc) is 4.10. The molecule has 0 radical (unpaired) electrons. The smallest absolute Gasteiger partial charge is 0.407 e. The number of imidazole rings is 2. The molecule has 0 aliphatic carbocycles. The highest BCUT2D eigenvalue weighted by Crippen LogP contribution is 2.47. The number of nitrogens with one attached hydrogen (secondary N) is 4. The van der Waals surface area contributed by atoms with Crippen LogP contribution in [0.3, 0.4) is 0 Å². The van der Waals surface area contributed by atoms with E-state index in [0.717, 1.165) is 88.7 Å². The maximum absolute atomic E-state index is 14.1. The first-order valence-corrected chi connectivity index (χ1v) is 21.3. The van der Waals surface area contributed by atoms with E-state index in [1.807, 2.05) is 49.8 Å². The number of hydrogen-bond donors (Lipinski definition) is 4. The highest BCUT2D eigenvalue weighted by atomic mass is 16.5. The molecular weight excluding hydrogens is 777 g/mol. The molecule has 4 amide bonds. The lowest BCUT2D eigenvalue weighted by molar-refractivity contribution is -0.136. The molecule has 2 aromatic heterocycles. The number of methoxy groups -OCH3 is 2. The maximum atomic E-state index is 14.1. The summed E-state index contributed by atoms with van der Waals surface area (Å²) in [6, 6.07) is 16.9. The summed E-state index contributed by atoms with van der Waals surface area (Å²) in [6.45, 7) is 10.1. The van der Waals surface area contributed by atoms with Crippen molar-refractivity contribution in [3.05, 3.63) is 72.4 Å². The molecule has 3 aliphatic rings. The van der Waals surface area contributed by atoms with Crippen LogP contribution in [0.4, 0.5) is 9.59 Å². The first kappa shape index (κ1) is 41.8. The van der Waals surface area contributed by atoms with Gasteiger partial charge in [0.25, 0.3) is 0 Å². The number of H-pyrrole nitrogens is 2. The summed E-state index contributed by atoms with van der Waals surface area (Å²) in [7, 11) is 2.59. The number of aromatic nitrogens is 4. The Balaban J connectivity index is 1.01. The third-order valence-electron chi connectivity index (χ3n) is 12.8. The fourth-order valence-electron chi connectivity index (χ4n) is 9.45. The Labute approximate surface area is 355 Å². The van der Waals surface area contributed by atoms with Gasteiger partial charge in [0.15, 0.2) is 0 Å². The first-order valence-electron chi connectivity index (χ1n) is 21.3. The molecule has 0 unspecified atom stereocenters. The number of aromatic amines is 2. The van der Waals surface area contributed by atoms with Crippen LogP contribution in [0, 0.1) is 17.3 Å². The molecule has 5 aromatic rings. The van der Waals surface area contributed by atoms with Gasteiger partial charge in [-0.05, 0) is 78.1 Å². The van der Waals surface area contributed by atoms with E-state index < -0.39 is 24.3 Å². The lowest BCUT2D eigenvalue weighted by atomic mass is 9.80. The number of fused-ring (bicyclic) bond motifs is 3. The van der Waals surface area contributed by atoms with Crippen LogP contribution in [0.25, 0.3) is 44.2 Å². The Morgan fingerprint density at radius 1 is 0.803 bits per heavy atom. The minimum Gasteiger partial charge on any atom is -0.453 e. The highest BCUT2D eigenvalue weighted by Gasteiger charge is 2.50. The molecule has 8 rings (SSSR count). The predicted octanol–water partition coefficient (Wildman–Crippen LogP) is 7.27. The molecule has 61 heavy (non-hydrogen) atoms. The highest BCUT2D eigenvalue weighted by molar-refractivity contribution is 6.05. The van der Waals surface area contributed by atoms with Crippen LogP contribution < -0.4 is 10.6 Å². The van der Waals surface area contributed by atoms with Crippen molar-refractivity contribution < 1.29 is 33.4 Å². The average molecular weight is 833 g/mol. The summed E-state index contributed by atoms with van der Waals surface area (Å²) in [5.41, 5.74) is 5.50. The van der Waals surface area contributed by atoms with Crippen molar-refractivity contribution in [2.75, 3.05) is 40.5 Å². The predicted molar refractivity (Wildman–Crippen MR) is 230 cm³/mol. The van der Waals surface area contributed by atoms with Crippen LogP contribution >= 0.6 is 0 Å². The molecule has 15 heteroatoms. The van der Waals surface area contributed by atoms with E-state index in [4.69, 9.17) is 24.2 Å². The van der Waals surface area contributed by atoms with Crippen molar-refractivity contribution >= 4 is 45.8 Å². The number of alkyl carbamates (subject to hydrolysis) is 2. The van der Waals surface area contributed by atoms with Crippen molar-refractivity contribution in [1.29, 1.82) is 0 Å². The van der Waals surface area contributed by atoms with E-state index in [1.54, 1.807) is 0 Å². The molecule has 3 aromatic carbocycles. The SMILES string of the molecule is COC(=O)N[C@H](C(=O)N1C[C@@]2(CCCOC2)C[C@H]1c1ncc(-c2ccc(-c3ccc4c(ccc5[nH]c([C@@H]6CCCN6C(=O)[C@@H](NC(=O)OC)C(C)C)nc54)c3)cc2)[nH]1)C(C)C. The van der Waals surface area contributed by atoms with E-state index in [9.17, 15) is 19.2 Å². The zero-order valence-electron chi connectivity index (χ0n) is 35.7. The van der Waals surface area contributed by atoms with Gasteiger partial charge in [0.05, 0.1) is 55.8 Å². The van der Waals surface area contributed by atoms with E-state index in [-0.39, 0.29) is 41.1 Å².